The topological polar surface area (TPSA) is 155 Å². The molecule has 0 aliphatic carbocycles. The second-order valence-corrected chi connectivity index (χ2v) is 3.10. The lowest BCUT2D eigenvalue weighted by Gasteiger charge is -2.05. The lowest BCUT2D eigenvalue weighted by Crippen LogP contribution is -2.24. The molecule has 0 radical (unpaired) electrons. The van der Waals surface area contributed by atoms with Crippen LogP contribution in [0.1, 0.15) is 10.5 Å². The van der Waals surface area contributed by atoms with Gasteiger partial charge in [0.25, 0.3) is 0 Å². The molecular formula is C7H10ClN7O2. The van der Waals surface area contributed by atoms with Crippen molar-refractivity contribution >= 4 is 35.2 Å². The monoisotopic (exact) mass is 259 g/mol. The van der Waals surface area contributed by atoms with Crippen molar-refractivity contribution in [3.8, 4) is 0 Å². The number of hydrogen-bond acceptors (Lipinski definition) is 7. The molecule has 92 valence electrons. The number of oxime groups is 1. The number of rotatable bonds is 3. The van der Waals surface area contributed by atoms with Crippen LogP contribution in [-0.2, 0) is 4.84 Å². The molecule has 1 rings (SSSR count). The van der Waals surface area contributed by atoms with Gasteiger partial charge in [-0.2, -0.15) is 0 Å². The molecule has 0 saturated heterocycles. The highest BCUT2D eigenvalue weighted by Crippen LogP contribution is 2.20. The summed E-state index contributed by atoms with van der Waals surface area (Å²) < 4.78 is 0. The molecule has 0 spiro atoms. The van der Waals surface area contributed by atoms with Crippen molar-refractivity contribution in [1.82, 2.24) is 9.97 Å². The van der Waals surface area contributed by atoms with Gasteiger partial charge in [-0.3, -0.25) is 0 Å². The standard InChI is InChI=1S/C7H10ClN7O2/c1-12-5-3(8)13-2(4(9)14-5)6(16)17-15-7(10)11/h1H3,(H3,9,12,14)(H4,10,11,15). The summed E-state index contributed by atoms with van der Waals surface area (Å²) in [5.41, 5.74) is 15.2. The van der Waals surface area contributed by atoms with Crippen LogP contribution in [0.2, 0.25) is 5.15 Å². The highest BCUT2D eigenvalue weighted by atomic mass is 35.5. The van der Waals surface area contributed by atoms with E-state index < -0.39 is 11.9 Å². The quantitative estimate of drug-likeness (QED) is 0.235. The Hall–Kier alpha value is -2.29. The van der Waals surface area contributed by atoms with E-state index in [9.17, 15) is 4.79 Å². The predicted molar refractivity (Wildman–Crippen MR) is 62.2 cm³/mol. The van der Waals surface area contributed by atoms with Crippen LogP contribution in [0.3, 0.4) is 0 Å². The first-order valence-corrected chi connectivity index (χ1v) is 4.64. The third-order valence-corrected chi connectivity index (χ3v) is 1.81. The zero-order valence-electron chi connectivity index (χ0n) is 8.77. The molecule has 1 aromatic heterocycles. The third-order valence-electron chi connectivity index (χ3n) is 1.54. The molecule has 0 aliphatic rings. The van der Waals surface area contributed by atoms with E-state index in [2.05, 4.69) is 25.3 Å². The van der Waals surface area contributed by atoms with Gasteiger partial charge in [-0.15, -0.1) is 0 Å². The summed E-state index contributed by atoms with van der Waals surface area (Å²) in [4.78, 5) is 23.3. The zero-order valence-corrected chi connectivity index (χ0v) is 9.52. The first kappa shape index (κ1) is 12.8. The SMILES string of the molecule is CNc1nc(N)c(C(=O)ON=C(N)N)nc1Cl. The average Bonchev–Trinajstić information content (AvgIpc) is 2.28. The van der Waals surface area contributed by atoms with Crippen molar-refractivity contribution in [2.75, 3.05) is 18.1 Å². The molecule has 1 heterocycles. The molecular weight excluding hydrogens is 250 g/mol. The Morgan fingerprint density at radius 1 is 1.47 bits per heavy atom. The normalized spacial score (nSPS) is 9.53. The highest BCUT2D eigenvalue weighted by Gasteiger charge is 2.18. The molecule has 10 heteroatoms. The lowest BCUT2D eigenvalue weighted by atomic mass is 10.4. The Morgan fingerprint density at radius 3 is 2.65 bits per heavy atom. The molecule has 0 fully saturated rings. The maximum absolute atomic E-state index is 11.4. The first-order valence-electron chi connectivity index (χ1n) is 4.26. The number of nitrogens with two attached hydrogens (primary N) is 3. The Balaban J connectivity index is 3.03. The largest absolute Gasteiger partial charge is 0.387 e. The minimum absolute atomic E-state index is 0.0293. The van der Waals surface area contributed by atoms with Gasteiger partial charge < -0.3 is 27.4 Å². The van der Waals surface area contributed by atoms with Gasteiger partial charge in [0.05, 0.1) is 0 Å². The molecule has 0 unspecified atom stereocenters. The summed E-state index contributed by atoms with van der Waals surface area (Å²) in [5, 5.41) is 5.67. The zero-order chi connectivity index (χ0) is 13.0. The molecule has 0 bridgehead atoms. The lowest BCUT2D eigenvalue weighted by molar-refractivity contribution is 0.0509. The van der Waals surface area contributed by atoms with E-state index >= 15 is 0 Å². The van der Waals surface area contributed by atoms with Gasteiger partial charge in [0.2, 0.25) is 5.96 Å². The molecule has 7 N–H and O–H groups in total. The Kier molecular flexibility index (Phi) is 3.88. The highest BCUT2D eigenvalue weighted by molar-refractivity contribution is 6.31. The van der Waals surface area contributed by atoms with Crippen molar-refractivity contribution < 1.29 is 9.63 Å². The predicted octanol–water partition coefficient (Wildman–Crippen LogP) is -0.901. The minimum atomic E-state index is -0.965. The number of carbonyl (C=O) groups excluding carboxylic acids is 1. The van der Waals surface area contributed by atoms with E-state index in [-0.39, 0.29) is 22.5 Å². The summed E-state index contributed by atoms with van der Waals surface area (Å²) in [6.07, 6.45) is 0. The van der Waals surface area contributed by atoms with Crippen LogP contribution in [0.25, 0.3) is 0 Å². The summed E-state index contributed by atoms with van der Waals surface area (Å²) in [7, 11) is 1.58. The number of nitrogens with zero attached hydrogens (tertiary/aromatic N) is 3. The average molecular weight is 260 g/mol. The van der Waals surface area contributed by atoms with Gasteiger partial charge in [-0.1, -0.05) is 11.6 Å². The van der Waals surface area contributed by atoms with Gasteiger partial charge in [0, 0.05) is 7.05 Å². The smallest absolute Gasteiger partial charge is 0.382 e. The van der Waals surface area contributed by atoms with E-state index in [1.807, 2.05) is 0 Å². The second kappa shape index (κ2) is 5.16. The molecule has 0 atom stereocenters. The molecule has 0 aliphatic heterocycles. The number of halogens is 1. The van der Waals surface area contributed by atoms with Gasteiger partial charge in [0.15, 0.2) is 22.5 Å². The molecule has 1 aromatic rings. The van der Waals surface area contributed by atoms with Gasteiger partial charge >= 0.3 is 5.97 Å². The van der Waals surface area contributed by atoms with Gasteiger partial charge in [-0.05, 0) is 5.16 Å². The van der Waals surface area contributed by atoms with Crippen molar-refractivity contribution in [1.29, 1.82) is 0 Å². The Bertz CT molecular complexity index is 472. The fraction of sp³-hybridized carbons (Fsp3) is 0.143. The number of nitrogen functional groups attached to an aromatic ring is 1. The van der Waals surface area contributed by atoms with E-state index in [1.54, 1.807) is 7.05 Å². The Morgan fingerprint density at radius 2 is 2.12 bits per heavy atom. The second-order valence-electron chi connectivity index (χ2n) is 2.74. The summed E-state index contributed by atoms with van der Waals surface area (Å²) in [5.74, 6) is -1.30. The van der Waals surface area contributed by atoms with E-state index in [0.717, 1.165) is 0 Å². The van der Waals surface area contributed by atoms with Crippen molar-refractivity contribution in [2.45, 2.75) is 0 Å². The van der Waals surface area contributed by atoms with Crippen LogP contribution in [0, 0.1) is 0 Å². The van der Waals surface area contributed by atoms with Gasteiger partial charge in [0.1, 0.15) is 0 Å². The van der Waals surface area contributed by atoms with Crippen LogP contribution in [0.5, 0.6) is 0 Å². The summed E-state index contributed by atoms with van der Waals surface area (Å²) in [6, 6.07) is 0. The van der Waals surface area contributed by atoms with Crippen LogP contribution < -0.4 is 22.5 Å². The molecule has 9 nitrogen and oxygen atoms in total. The van der Waals surface area contributed by atoms with E-state index in [4.69, 9.17) is 28.8 Å². The van der Waals surface area contributed by atoms with Crippen molar-refractivity contribution in [2.24, 2.45) is 16.6 Å². The molecule has 17 heavy (non-hydrogen) atoms. The molecule has 0 amide bonds. The van der Waals surface area contributed by atoms with Crippen molar-refractivity contribution in [3.05, 3.63) is 10.8 Å². The van der Waals surface area contributed by atoms with Gasteiger partial charge in [-0.25, -0.2) is 14.8 Å². The van der Waals surface area contributed by atoms with Crippen molar-refractivity contribution in [3.63, 3.8) is 0 Å². The van der Waals surface area contributed by atoms with Crippen LogP contribution in [0.15, 0.2) is 5.16 Å². The summed E-state index contributed by atoms with van der Waals surface area (Å²) >= 11 is 5.72. The van der Waals surface area contributed by atoms with Crippen LogP contribution >= 0.6 is 11.6 Å². The number of hydrogen-bond donors (Lipinski definition) is 4. The maximum Gasteiger partial charge on any atom is 0.387 e. The fourth-order valence-electron chi connectivity index (χ4n) is 0.875. The molecule has 0 aromatic carbocycles. The Labute approximate surface area is 101 Å². The number of aromatic nitrogens is 2. The number of nitrogens with one attached hydrogen (secondary N) is 1. The van der Waals surface area contributed by atoms with Crippen LogP contribution in [-0.4, -0.2) is 28.9 Å². The first-order chi connectivity index (χ1) is 7.95. The van der Waals surface area contributed by atoms with Crippen LogP contribution in [0.4, 0.5) is 11.6 Å². The molecule has 0 saturated carbocycles. The fourth-order valence-corrected chi connectivity index (χ4v) is 1.10. The summed E-state index contributed by atoms with van der Waals surface area (Å²) in [6.45, 7) is 0. The number of anilines is 2. The number of guanidine groups is 1. The minimum Gasteiger partial charge on any atom is -0.382 e. The maximum atomic E-state index is 11.4. The third kappa shape index (κ3) is 3.08. The number of carbonyl (C=O) groups is 1. The van der Waals surface area contributed by atoms with E-state index in [0.29, 0.717) is 0 Å². The van der Waals surface area contributed by atoms with E-state index in [1.165, 1.54) is 0 Å².